The maximum Gasteiger partial charge on any atom is 0.337 e. The molecule has 7 heteroatoms. The van der Waals surface area contributed by atoms with Crippen molar-refractivity contribution in [2.24, 2.45) is 0 Å². The van der Waals surface area contributed by atoms with E-state index in [1.165, 1.54) is 18.5 Å². The second kappa shape index (κ2) is 9.71. The molecule has 0 saturated carbocycles. The van der Waals surface area contributed by atoms with E-state index in [0.29, 0.717) is 18.8 Å². The van der Waals surface area contributed by atoms with Crippen molar-refractivity contribution in [3.63, 3.8) is 0 Å². The third-order valence-corrected chi connectivity index (χ3v) is 2.64. The summed E-state index contributed by atoms with van der Waals surface area (Å²) in [4.78, 5) is 26.1. The van der Waals surface area contributed by atoms with Gasteiger partial charge in [-0.1, -0.05) is 13.3 Å². The highest BCUT2D eigenvalue weighted by atomic mass is 16.5. The van der Waals surface area contributed by atoms with Crippen LogP contribution >= 0.6 is 0 Å². The van der Waals surface area contributed by atoms with Crippen molar-refractivity contribution in [2.45, 2.75) is 26.2 Å². The van der Waals surface area contributed by atoms with E-state index in [1.54, 1.807) is 0 Å². The van der Waals surface area contributed by atoms with E-state index < -0.39 is 12.0 Å². The van der Waals surface area contributed by atoms with Crippen LogP contribution in [0, 0.1) is 0 Å². The number of pyridine rings is 1. The third kappa shape index (κ3) is 7.26. The van der Waals surface area contributed by atoms with Crippen molar-refractivity contribution in [2.75, 3.05) is 25.1 Å². The Kier molecular flexibility index (Phi) is 7.81. The maximum atomic E-state index is 11.6. The number of hydrogen-bond donors (Lipinski definition) is 3. The van der Waals surface area contributed by atoms with E-state index in [-0.39, 0.29) is 5.56 Å². The van der Waals surface area contributed by atoms with Gasteiger partial charge in [0.2, 0.25) is 0 Å². The Morgan fingerprint density at radius 3 is 2.76 bits per heavy atom. The van der Waals surface area contributed by atoms with Gasteiger partial charge in [0, 0.05) is 26.0 Å². The highest BCUT2D eigenvalue weighted by Crippen LogP contribution is 2.07. The summed E-state index contributed by atoms with van der Waals surface area (Å²) in [5.41, 5.74) is 0.365. The first-order valence-corrected chi connectivity index (χ1v) is 6.94. The molecular formula is C14H21N3O4. The highest BCUT2D eigenvalue weighted by molar-refractivity contribution is 5.92. The van der Waals surface area contributed by atoms with Gasteiger partial charge in [0.05, 0.1) is 17.4 Å². The fraction of sp³-hybridized carbons (Fsp3) is 0.500. The molecule has 0 aliphatic rings. The normalized spacial score (nSPS) is 10.1. The van der Waals surface area contributed by atoms with Gasteiger partial charge in [0.1, 0.15) is 0 Å². The van der Waals surface area contributed by atoms with E-state index >= 15 is 0 Å². The number of ether oxygens (including phenoxy) is 1. The number of nitrogens with one attached hydrogen (secondary N) is 2. The standard InChI is InChI=1S/C14H21N3O4/c1-2-3-6-21-7-4-5-16-14(20)17-12-8-11(13(18)19)9-15-10-12/h8-10H,2-7H2,1H3,(H,18,19)(H2,16,17,20). The molecule has 1 aromatic rings. The monoisotopic (exact) mass is 295 g/mol. The maximum absolute atomic E-state index is 11.6. The number of carbonyl (C=O) groups excluding carboxylic acids is 1. The lowest BCUT2D eigenvalue weighted by atomic mass is 10.3. The fourth-order valence-corrected chi connectivity index (χ4v) is 1.53. The highest BCUT2D eigenvalue weighted by Gasteiger charge is 2.06. The van der Waals surface area contributed by atoms with Gasteiger partial charge in [-0.25, -0.2) is 9.59 Å². The number of nitrogens with zero attached hydrogens (tertiary/aromatic N) is 1. The predicted molar refractivity (Wildman–Crippen MR) is 78.6 cm³/mol. The number of amides is 2. The number of carboxylic acid groups (broad SMARTS) is 1. The number of carbonyl (C=O) groups is 2. The molecular weight excluding hydrogens is 274 g/mol. The Balaban J connectivity index is 2.21. The average Bonchev–Trinajstić information content (AvgIpc) is 2.46. The van der Waals surface area contributed by atoms with Crippen LogP contribution < -0.4 is 10.6 Å². The van der Waals surface area contributed by atoms with E-state index in [0.717, 1.165) is 25.9 Å². The summed E-state index contributed by atoms with van der Waals surface area (Å²) in [6.07, 6.45) is 5.48. The lowest BCUT2D eigenvalue weighted by Gasteiger charge is -2.08. The molecule has 7 nitrogen and oxygen atoms in total. The number of anilines is 1. The molecule has 0 saturated heterocycles. The third-order valence-electron chi connectivity index (χ3n) is 2.64. The van der Waals surface area contributed by atoms with Gasteiger partial charge in [-0.05, 0) is 18.9 Å². The van der Waals surface area contributed by atoms with Crippen molar-refractivity contribution in [1.82, 2.24) is 10.3 Å². The van der Waals surface area contributed by atoms with Gasteiger partial charge >= 0.3 is 12.0 Å². The van der Waals surface area contributed by atoms with Crippen LogP contribution in [0.5, 0.6) is 0 Å². The van der Waals surface area contributed by atoms with Crippen LogP contribution in [-0.4, -0.2) is 41.8 Å². The molecule has 1 rings (SSSR count). The number of urea groups is 1. The van der Waals surface area contributed by atoms with Gasteiger partial charge in [-0.2, -0.15) is 0 Å². The van der Waals surface area contributed by atoms with Crippen molar-refractivity contribution in [1.29, 1.82) is 0 Å². The Morgan fingerprint density at radius 1 is 1.29 bits per heavy atom. The molecule has 1 heterocycles. The summed E-state index contributed by atoms with van der Waals surface area (Å²) in [6.45, 7) is 3.94. The second-order valence-corrected chi connectivity index (χ2v) is 4.47. The van der Waals surface area contributed by atoms with E-state index in [2.05, 4.69) is 22.5 Å². The number of aromatic nitrogens is 1. The summed E-state index contributed by atoms with van der Waals surface area (Å²) in [7, 11) is 0. The Bertz CT molecular complexity index is 465. The molecule has 2 amide bonds. The van der Waals surface area contributed by atoms with Gasteiger partial charge in [-0.3, -0.25) is 4.98 Å². The smallest absolute Gasteiger partial charge is 0.337 e. The van der Waals surface area contributed by atoms with Gasteiger partial charge in [0.25, 0.3) is 0 Å². The predicted octanol–water partition coefficient (Wildman–Crippen LogP) is 2.11. The quantitative estimate of drug-likeness (QED) is 0.606. The first-order valence-electron chi connectivity index (χ1n) is 6.94. The molecule has 0 radical (unpaired) electrons. The minimum Gasteiger partial charge on any atom is -0.478 e. The number of aromatic carboxylic acids is 1. The average molecular weight is 295 g/mol. The Morgan fingerprint density at radius 2 is 2.05 bits per heavy atom. The molecule has 0 spiro atoms. The molecule has 0 aliphatic heterocycles. The molecule has 0 fully saturated rings. The van der Waals surface area contributed by atoms with Gasteiger partial charge in [0.15, 0.2) is 0 Å². The van der Waals surface area contributed by atoms with Gasteiger partial charge < -0.3 is 20.5 Å². The number of hydrogen-bond acceptors (Lipinski definition) is 4. The Labute approximate surface area is 123 Å². The lowest BCUT2D eigenvalue weighted by molar-refractivity contribution is 0.0696. The van der Waals surface area contributed by atoms with Crippen molar-refractivity contribution < 1.29 is 19.4 Å². The molecule has 1 aromatic heterocycles. The van der Waals surface area contributed by atoms with E-state index in [9.17, 15) is 9.59 Å². The van der Waals surface area contributed by atoms with Crippen molar-refractivity contribution in [3.05, 3.63) is 24.0 Å². The van der Waals surface area contributed by atoms with Crippen LogP contribution in [-0.2, 0) is 4.74 Å². The number of carboxylic acids is 1. The number of unbranched alkanes of at least 4 members (excludes halogenated alkanes) is 1. The van der Waals surface area contributed by atoms with Crippen LogP contribution in [0.1, 0.15) is 36.5 Å². The fourth-order valence-electron chi connectivity index (χ4n) is 1.53. The molecule has 21 heavy (non-hydrogen) atoms. The molecule has 0 aliphatic carbocycles. The summed E-state index contributed by atoms with van der Waals surface area (Å²) in [5.74, 6) is -1.09. The van der Waals surface area contributed by atoms with Crippen LogP contribution in [0.3, 0.4) is 0 Å². The van der Waals surface area contributed by atoms with E-state index in [1.807, 2.05) is 0 Å². The van der Waals surface area contributed by atoms with Crippen LogP contribution in [0.15, 0.2) is 18.5 Å². The topological polar surface area (TPSA) is 101 Å². The van der Waals surface area contributed by atoms with Crippen LogP contribution in [0.25, 0.3) is 0 Å². The zero-order valence-corrected chi connectivity index (χ0v) is 12.1. The minimum absolute atomic E-state index is 0.0251. The molecule has 3 N–H and O–H groups in total. The van der Waals surface area contributed by atoms with Crippen molar-refractivity contribution >= 4 is 17.7 Å². The van der Waals surface area contributed by atoms with Crippen molar-refractivity contribution in [3.8, 4) is 0 Å². The Hall–Kier alpha value is -2.15. The largest absolute Gasteiger partial charge is 0.478 e. The summed E-state index contributed by atoms with van der Waals surface area (Å²) in [5, 5.41) is 14.0. The minimum atomic E-state index is -1.09. The summed E-state index contributed by atoms with van der Waals surface area (Å²) < 4.78 is 5.37. The second-order valence-electron chi connectivity index (χ2n) is 4.47. The zero-order chi connectivity index (χ0) is 15.5. The van der Waals surface area contributed by atoms with Crippen LogP contribution in [0.4, 0.5) is 10.5 Å². The number of rotatable bonds is 9. The molecule has 0 atom stereocenters. The summed E-state index contributed by atoms with van der Waals surface area (Å²) in [6, 6.07) is 0.955. The molecule has 0 bridgehead atoms. The molecule has 0 unspecified atom stereocenters. The van der Waals surface area contributed by atoms with E-state index in [4.69, 9.17) is 9.84 Å². The zero-order valence-electron chi connectivity index (χ0n) is 12.1. The lowest BCUT2D eigenvalue weighted by Crippen LogP contribution is -2.30. The molecule has 0 aromatic carbocycles. The van der Waals surface area contributed by atoms with Gasteiger partial charge in [-0.15, -0.1) is 0 Å². The SMILES string of the molecule is CCCCOCCCNC(=O)Nc1cncc(C(=O)O)c1. The first-order chi connectivity index (χ1) is 10.1. The summed E-state index contributed by atoms with van der Waals surface area (Å²) >= 11 is 0. The first kappa shape index (κ1) is 16.9. The van der Waals surface area contributed by atoms with Crippen LogP contribution in [0.2, 0.25) is 0 Å². The molecule has 116 valence electrons.